The number of nitrogens with zero attached hydrogens (tertiary/aromatic N) is 1. The van der Waals surface area contributed by atoms with Gasteiger partial charge in [-0.1, -0.05) is 6.07 Å². The normalized spacial score (nSPS) is 18.1. The smallest absolute Gasteiger partial charge is 0.411 e. The molecule has 0 aromatic heterocycles. The number of carboxylic acids is 1. The maximum absolute atomic E-state index is 13.3. The molecule has 0 fully saturated rings. The topological polar surface area (TPSA) is 66.8 Å². The lowest BCUT2D eigenvalue weighted by Crippen LogP contribution is -2.50. The highest BCUT2D eigenvalue weighted by atomic mass is 19.1. The van der Waals surface area contributed by atoms with Crippen molar-refractivity contribution >= 4 is 12.1 Å². The van der Waals surface area contributed by atoms with E-state index in [0.29, 0.717) is 5.56 Å². The third kappa shape index (κ3) is 3.51. The van der Waals surface area contributed by atoms with Crippen LogP contribution < -0.4 is 0 Å². The van der Waals surface area contributed by atoms with E-state index < -0.39 is 29.5 Å². The monoisotopic (exact) mass is 295 g/mol. The first kappa shape index (κ1) is 15.3. The van der Waals surface area contributed by atoms with Crippen molar-refractivity contribution in [2.75, 3.05) is 0 Å². The molecule has 21 heavy (non-hydrogen) atoms. The number of carboxylic acid groups (broad SMARTS) is 1. The first-order valence-electron chi connectivity index (χ1n) is 6.67. The van der Waals surface area contributed by atoms with Gasteiger partial charge in [0.25, 0.3) is 0 Å². The van der Waals surface area contributed by atoms with E-state index in [1.165, 1.54) is 12.1 Å². The molecule has 1 heterocycles. The Kier molecular flexibility index (Phi) is 3.89. The average Bonchev–Trinajstić information content (AvgIpc) is 2.34. The Morgan fingerprint density at radius 3 is 2.57 bits per heavy atom. The minimum atomic E-state index is -1.10. The number of rotatable bonds is 1. The van der Waals surface area contributed by atoms with Crippen molar-refractivity contribution in [3.63, 3.8) is 0 Å². The highest BCUT2D eigenvalue weighted by Gasteiger charge is 2.37. The minimum absolute atomic E-state index is 0.0268. The van der Waals surface area contributed by atoms with Crippen LogP contribution in [0, 0.1) is 5.82 Å². The molecule has 1 aromatic carbocycles. The summed E-state index contributed by atoms with van der Waals surface area (Å²) >= 11 is 0. The van der Waals surface area contributed by atoms with Crippen LogP contribution in [0.3, 0.4) is 0 Å². The number of aliphatic carboxylic acids is 1. The van der Waals surface area contributed by atoms with Crippen LogP contribution in [0.1, 0.15) is 31.9 Å². The maximum atomic E-state index is 13.3. The molecule has 0 saturated carbocycles. The van der Waals surface area contributed by atoms with Crippen LogP contribution in [-0.2, 0) is 22.5 Å². The standard InChI is InChI=1S/C15H18FNO4/c1-15(2,3)21-14(20)17-8-10-6-11(16)5-4-9(10)7-12(17)13(18)19/h4-6,12H,7-8H2,1-3H3,(H,18,19)/t12-/m0/s1. The van der Waals surface area contributed by atoms with Gasteiger partial charge in [0, 0.05) is 6.42 Å². The Bertz CT molecular complexity index is 580. The third-order valence-corrected chi connectivity index (χ3v) is 3.21. The van der Waals surface area contributed by atoms with Crippen molar-refractivity contribution in [2.24, 2.45) is 0 Å². The molecule has 0 spiro atoms. The van der Waals surface area contributed by atoms with Crippen molar-refractivity contribution in [3.05, 3.63) is 35.1 Å². The first-order chi connectivity index (χ1) is 9.67. The lowest BCUT2D eigenvalue weighted by molar-refractivity contribution is -0.143. The third-order valence-electron chi connectivity index (χ3n) is 3.21. The summed E-state index contributed by atoms with van der Waals surface area (Å²) in [5.41, 5.74) is 0.629. The van der Waals surface area contributed by atoms with E-state index in [0.717, 1.165) is 10.5 Å². The van der Waals surface area contributed by atoms with E-state index in [-0.39, 0.29) is 13.0 Å². The van der Waals surface area contributed by atoms with Crippen molar-refractivity contribution in [2.45, 2.75) is 45.4 Å². The second-order valence-corrected chi connectivity index (χ2v) is 6.08. The number of amides is 1. The zero-order valence-electron chi connectivity index (χ0n) is 12.2. The molecule has 1 aliphatic rings. The number of hydrogen-bond donors (Lipinski definition) is 1. The zero-order chi connectivity index (χ0) is 15.8. The number of halogens is 1. The van der Waals surface area contributed by atoms with Crippen LogP contribution in [0.2, 0.25) is 0 Å². The highest BCUT2D eigenvalue weighted by molar-refractivity contribution is 5.81. The predicted molar refractivity (Wildman–Crippen MR) is 73.3 cm³/mol. The van der Waals surface area contributed by atoms with E-state index in [4.69, 9.17) is 4.74 Å². The Morgan fingerprint density at radius 1 is 1.33 bits per heavy atom. The van der Waals surface area contributed by atoms with E-state index in [9.17, 15) is 19.1 Å². The van der Waals surface area contributed by atoms with Gasteiger partial charge in [-0.05, 0) is 44.0 Å². The molecule has 1 amide bonds. The summed E-state index contributed by atoms with van der Waals surface area (Å²) in [6.07, 6.45) is -0.561. The lowest BCUT2D eigenvalue weighted by Gasteiger charge is -2.35. The van der Waals surface area contributed by atoms with Gasteiger partial charge in [-0.25, -0.2) is 14.0 Å². The fraction of sp³-hybridized carbons (Fsp3) is 0.467. The van der Waals surface area contributed by atoms with Crippen molar-refractivity contribution in [1.29, 1.82) is 0 Å². The number of ether oxygens (including phenoxy) is 1. The summed E-state index contributed by atoms with van der Waals surface area (Å²) in [5, 5.41) is 9.31. The molecule has 0 bridgehead atoms. The molecule has 1 aliphatic heterocycles. The van der Waals surface area contributed by atoms with Crippen LogP contribution in [0.15, 0.2) is 18.2 Å². The van der Waals surface area contributed by atoms with Crippen molar-refractivity contribution < 1.29 is 23.8 Å². The molecule has 0 unspecified atom stereocenters. The Balaban J connectivity index is 2.30. The Labute approximate surface area is 122 Å². The number of hydrogen-bond acceptors (Lipinski definition) is 3. The average molecular weight is 295 g/mol. The maximum Gasteiger partial charge on any atom is 0.411 e. The van der Waals surface area contributed by atoms with Crippen LogP contribution in [0.25, 0.3) is 0 Å². The van der Waals surface area contributed by atoms with Gasteiger partial charge in [0.15, 0.2) is 0 Å². The first-order valence-corrected chi connectivity index (χ1v) is 6.67. The SMILES string of the molecule is CC(C)(C)OC(=O)N1Cc2cc(F)ccc2C[C@H]1C(=O)O. The molecule has 1 atom stereocenters. The van der Waals surface area contributed by atoms with E-state index >= 15 is 0 Å². The van der Waals surface area contributed by atoms with E-state index in [1.807, 2.05) is 0 Å². The fourth-order valence-corrected chi connectivity index (χ4v) is 2.29. The largest absolute Gasteiger partial charge is 0.480 e. The number of carbonyl (C=O) groups excluding carboxylic acids is 1. The van der Waals surface area contributed by atoms with Gasteiger partial charge in [-0.2, -0.15) is 0 Å². The van der Waals surface area contributed by atoms with Crippen LogP contribution in [-0.4, -0.2) is 33.7 Å². The summed E-state index contributed by atoms with van der Waals surface area (Å²) in [4.78, 5) is 24.7. The Morgan fingerprint density at radius 2 is 2.00 bits per heavy atom. The van der Waals surface area contributed by atoms with Gasteiger partial charge in [0.1, 0.15) is 17.5 Å². The minimum Gasteiger partial charge on any atom is -0.480 e. The molecule has 0 aliphatic carbocycles. The second-order valence-electron chi connectivity index (χ2n) is 6.08. The molecule has 1 N–H and O–H groups in total. The Hall–Kier alpha value is -2.11. The highest BCUT2D eigenvalue weighted by Crippen LogP contribution is 2.26. The van der Waals surface area contributed by atoms with Crippen molar-refractivity contribution in [3.8, 4) is 0 Å². The fourth-order valence-electron chi connectivity index (χ4n) is 2.29. The van der Waals surface area contributed by atoms with Gasteiger partial charge in [-0.15, -0.1) is 0 Å². The van der Waals surface area contributed by atoms with E-state index in [1.54, 1.807) is 26.8 Å². The molecular formula is C15H18FNO4. The molecule has 114 valence electrons. The van der Waals surface area contributed by atoms with Gasteiger partial charge >= 0.3 is 12.1 Å². The molecule has 6 heteroatoms. The van der Waals surface area contributed by atoms with Crippen LogP contribution in [0.5, 0.6) is 0 Å². The van der Waals surface area contributed by atoms with Crippen molar-refractivity contribution in [1.82, 2.24) is 4.90 Å². The summed E-state index contributed by atoms with van der Waals surface area (Å²) < 4.78 is 18.5. The van der Waals surface area contributed by atoms with Gasteiger partial charge < -0.3 is 9.84 Å². The molecular weight excluding hydrogens is 277 g/mol. The zero-order valence-corrected chi connectivity index (χ0v) is 12.2. The lowest BCUT2D eigenvalue weighted by atomic mass is 9.94. The van der Waals surface area contributed by atoms with Gasteiger partial charge in [0.05, 0.1) is 6.54 Å². The summed E-state index contributed by atoms with van der Waals surface area (Å²) in [7, 11) is 0. The molecule has 5 nitrogen and oxygen atoms in total. The second kappa shape index (κ2) is 5.35. The summed E-state index contributed by atoms with van der Waals surface area (Å²) in [6, 6.07) is 3.18. The molecule has 1 aromatic rings. The number of benzene rings is 1. The van der Waals surface area contributed by atoms with Crippen LogP contribution >= 0.6 is 0 Å². The molecule has 0 radical (unpaired) electrons. The quantitative estimate of drug-likeness (QED) is 0.864. The molecule has 0 saturated heterocycles. The number of carbonyl (C=O) groups is 2. The summed E-state index contributed by atoms with van der Waals surface area (Å²) in [6.45, 7) is 5.15. The van der Waals surface area contributed by atoms with E-state index in [2.05, 4.69) is 0 Å². The molecule has 2 rings (SSSR count). The number of fused-ring (bicyclic) bond motifs is 1. The van der Waals surface area contributed by atoms with Gasteiger partial charge in [0.2, 0.25) is 0 Å². The predicted octanol–water partition coefficient (Wildman–Crippen LogP) is 2.57. The van der Waals surface area contributed by atoms with Gasteiger partial charge in [-0.3, -0.25) is 4.90 Å². The summed E-state index contributed by atoms with van der Waals surface area (Å²) in [5.74, 6) is -1.51. The van der Waals surface area contributed by atoms with Crippen LogP contribution in [0.4, 0.5) is 9.18 Å².